The first kappa shape index (κ1) is 16.3. The highest BCUT2D eigenvalue weighted by molar-refractivity contribution is 7.50. The van der Waals surface area contributed by atoms with Gasteiger partial charge in [-0.25, -0.2) is 9.88 Å². The first-order valence-corrected chi connectivity index (χ1v) is 8.67. The van der Waals surface area contributed by atoms with Gasteiger partial charge in [-0.1, -0.05) is 12.1 Å². The number of anilines is 1. The molecule has 8 nitrogen and oxygen atoms in total. The SMILES string of the molecule is COc1cc(CP(=O)(O)O)nc(N2C(=O)c3ccccc3C2=O)c1. The summed E-state index contributed by atoms with van der Waals surface area (Å²) >= 11 is 0. The molecule has 0 bridgehead atoms. The number of methoxy groups -OCH3 is 1. The summed E-state index contributed by atoms with van der Waals surface area (Å²) in [7, 11) is -3.00. The van der Waals surface area contributed by atoms with Crippen LogP contribution >= 0.6 is 7.60 Å². The second kappa shape index (κ2) is 5.83. The van der Waals surface area contributed by atoms with Crippen molar-refractivity contribution in [1.82, 2.24) is 4.98 Å². The summed E-state index contributed by atoms with van der Waals surface area (Å²) in [5.74, 6) is -0.888. The maximum absolute atomic E-state index is 12.5. The Morgan fingerprint density at radius 3 is 2.21 bits per heavy atom. The molecule has 2 N–H and O–H groups in total. The smallest absolute Gasteiger partial charge is 0.331 e. The third-order valence-electron chi connectivity index (χ3n) is 3.47. The fourth-order valence-electron chi connectivity index (χ4n) is 2.47. The number of nitrogens with zero attached hydrogens (tertiary/aromatic N) is 2. The zero-order chi connectivity index (χ0) is 17.5. The summed E-state index contributed by atoms with van der Waals surface area (Å²) in [5.41, 5.74) is 0.529. The van der Waals surface area contributed by atoms with Gasteiger partial charge in [-0.15, -0.1) is 0 Å². The van der Waals surface area contributed by atoms with E-state index in [1.807, 2.05) is 0 Å². The van der Waals surface area contributed by atoms with Gasteiger partial charge in [0.05, 0.1) is 30.1 Å². The molecule has 0 fully saturated rings. The molecule has 1 aromatic carbocycles. The van der Waals surface area contributed by atoms with E-state index in [0.29, 0.717) is 0 Å². The van der Waals surface area contributed by atoms with Crippen molar-refractivity contribution in [1.29, 1.82) is 0 Å². The fourth-order valence-corrected chi connectivity index (χ4v) is 3.05. The van der Waals surface area contributed by atoms with Crippen LogP contribution in [-0.2, 0) is 10.7 Å². The van der Waals surface area contributed by atoms with Crippen molar-refractivity contribution in [2.45, 2.75) is 6.16 Å². The normalized spacial score (nSPS) is 14.0. The molecule has 0 atom stereocenters. The van der Waals surface area contributed by atoms with Crippen LogP contribution in [0.4, 0.5) is 5.82 Å². The lowest BCUT2D eigenvalue weighted by molar-refractivity contribution is 0.0925. The highest BCUT2D eigenvalue weighted by Crippen LogP contribution is 2.40. The maximum atomic E-state index is 12.5. The van der Waals surface area contributed by atoms with E-state index in [4.69, 9.17) is 14.5 Å². The maximum Gasteiger partial charge on any atom is 0.331 e. The van der Waals surface area contributed by atoms with Gasteiger partial charge < -0.3 is 14.5 Å². The molecule has 2 aromatic rings. The lowest BCUT2D eigenvalue weighted by Gasteiger charge is -2.15. The molecule has 124 valence electrons. The summed E-state index contributed by atoms with van der Waals surface area (Å²) in [4.78, 5) is 48.1. The number of ether oxygens (including phenoxy) is 1. The Morgan fingerprint density at radius 1 is 1.12 bits per heavy atom. The molecule has 3 rings (SSSR count). The monoisotopic (exact) mass is 348 g/mol. The molecule has 2 heterocycles. The summed E-state index contributed by atoms with van der Waals surface area (Å²) in [6.45, 7) is 0. The van der Waals surface area contributed by atoms with Gasteiger partial charge in [-0.3, -0.25) is 14.2 Å². The molecule has 0 aliphatic carbocycles. The second-order valence-electron chi connectivity index (χ2n) is 5.17. The molecular weight excluding hydrogens is 335 g/mol. The number of carbonyl (C=O) groups is 2. The van der Waals surface area contributed by atoms with Crippen LogP contribution < -0.4 is 9.64 Å². The lowest BCUT2D eigenvalue weighted by atomic mass is 10.1. The molecule has 0 unspecified atom stereocenters. The molecule has 0 spiro atoms. The molecule has 0 saturated heterocycles. The van der Waals surface area contributed by atoms with Gasteiger partial charge in [-0.05, 0) is 12.1 Å². The molecule has 1 aliphatic rings. The number of fused-ring (bicyclic) bond motifs is 1. The van der Waals surface area contributed by atoms with E-state index in [9.17, 15) is 14.2 Å². The minimum Gasteiger partial charge on any atom is -0.497 e. The fraction of sp³-hybridized carbons (Fsp3) is 0.133. The van der Waals surface area contributed by atoms with E-state index < -0.39 is 25.6 Å². The zero-order valence-electron chi connectivity index (χ0n) is 12.5. The van der Waals surface area contributed by atoms with E-state index in [1.54, 1.807) is 12.1 Å². The van der Waals surface area contributed by atoms with Gasteiger partial charge in [0, 0.05) is 12.1 Å². The standard InChI is InChI=1S/C15H13N2O6P/c1-23-10-6-9(8-24(20,21)22)16-13(7-10)17-14(18)11-4-2-3-5-12(11)15(17)19/h2-7H,8H2,1H3,(H2,20,21,22). The van der Waals surface area contributed by atoms with Crippen LogP contribution in [0.15, 0.2) is 36.4 Å². The second-order valence-corrected chi connectivity index (χ2v) is 6.82. The average molecular weight is 348 g/mol. The van der Waals surface area contributed by atoms with Crippen LogP contribution in [0.1, 0.15) is 26.4 Å². The molecule has 9 heteroatoms. The van der Waals surface area contributed by atoms with Crippen LogP contribution in [-0.4, -0.2) is 33.7 Å². The predicted molar refractivity (Wildman–Crippen MR) is 84.1 cm³/mol. The summed E-state index contributed by atoms with van der Waals surface area (Å²) in [6, 6.07) is 9.07. The Hall–Kier alpha value is -2.54. The van der Waals surface area contributed by atoms with Crippen LogP contribution in [0.5, 0.6) is 5.75 Å². The Bertz CT molecular complexity index is 856. The van der Waals surface area contributed by atoms with Gasteiger partial charge in [0.15, 0.2) is 0 Å². The van der Waals surface area contributed by atoms with E-state index in [1.165, 1.54) is 31.4 Å². The predicted octanol–water partition coefficient (Wildman–Crippen LogP) is 1.57. The number of pyridine rings is 1. The largest absolute Gasteiger partial charge is 0.497 e. The zero-order valence-corrected chi connectivity index (χ0v) is 13.4. The van der Waals surface area contributed by atoms with Crippen molar-refractivity contribution in [3.63, 3.8) is 0 Å². The minimum atomic E-state index is -4.36. The molecule has 1 aliphatic heterocycles. The molecule has 1 aromatic heterocycles. The van der Waals surface area contributed by atoms with Gasteiger partial charge in [-0.2, -0.15) is 0 Å². The van der Waals surface area contributed by atoms with Gasteiger partial charge in [0.25, 0.3) is 11.8 Å². The third kappa shape index (κ3) is 2.94. The third-order valence-corrected chi connectivity index (χ3v) is 4.20. The highest BCUT2D eigenvalue weighted by atomic mass is 31.2. The van der Waals surface area contributed by atoms with Crippen molar-refractivity contribution in [3.8, 4) is 5.75 Å². The quantitative estimate of drug-likeness (QED) is 0.636. The van der Waals surface area contributed by atoms with Crippen molar-refractivity contribution in [2.24, 2.45) is 0 Å². The molecule has 24 heavy (non-hydrogen) atoms. The van der Waals surface area contributed by atoms with E-state index in [2.05, 4.69) is 4.98 Å². The molecule has 2 amide bonds. The van der Waals surface area contributed by atoms with Crippen molar-refractivity contribution < 1.29 is 28.7 Å². The minimum absolute atomic E-state index is 0.0224. The Morgan fingerprint density at radius 2 is 1.71 bits per heavy atom. The van der Waals surface area contributed by atoms with Gasteiger partial charge in [0.2, 0.25) is 0 Å². The Balaban J connectivity index is 2.07. The van der Waals surface area contributed by atoms with Crippen molar-refractivity contribution in [2.75, 3.05) is 12.0 Å². The number of benzene rings is 1. The van der Waals surface area contributed by atoms with E-state index in [0.717, 1.165) is 4.90 Å². The number of carbonyl (C=O) groups excluding carboxylic acids is 2. The van der Waals surface area contributed by atoms with Gasteiger partial charge in [0.1, 0.15) is 11.6 Å². The van der Waals surface area contributed by atoms with Crippen LogP contribution in [0, 0.1) is 0 Å². The lowest BCUT2D eigenvalue weighted by Crippen LogP contribution is -2.30. The van der Waals surface area contributed by atoms with E-state index in [-0.39, 0.29) is 28.4 Å². The van der Waals surface area contributed by atoms with Crippen LogP contribution in [0.2, 0.25) is 0 Å². The number of hydrogen-bond acceptors (Lipinski definition) is 5. The summed E-state index contributed by atoms with van der Waals surface area (Å²) in [6.07, 6.45) is -0.625. The first-order valence-electron chi connectivity index (χ1n) is 6.87. The van der Waals surface area contributed by atoms with Crippen LogP contribution in [0.3, 0.4) is 0 Å². The number of imide groups is 1. The Kier molecular flexibility index (Phi) is 3.96. The number of amides is 2. The number of hydrogen-bond donors (Lipinski definition) is 2. The summed E-state index contributed by atoms with van der Waals surface area (Å²) in [5, 5.41) is 0. The van der Waals surface area contributed by atoms with Gasteiger partial charge >= 0.3 is 7.60 Å². The molecule has 0 radical (unpaired) electrons. The average Bonchev–Trinajstić information content (AvgIpc) is 2.77. The number of aromatic nitrogens is 1. The first-order chi connectivity index (χ1) is 11.3. The number of rotatable bonds is 4. The van der Waals surface area contributed by atoms with Crippen molar-refractivity contribution >= 4 is 25.2 Å². The molecular formula is C15H13N2O6P. The molecule has 0 saturated carbocycles. The highest BCUT2D eigenvalue weighted by Gasteiger charge is 2.37. The Labute approximate surface area is 136 Å². The van der Waals surface area contributed by atoms with Crippen molar-refractivity contribution in [3.05, 3.63) is 53.2 Å². The van der Waals surface area contributed by atoms with E-state index >= 15 is 0 Å². The topological polar surface area (TPSA) is 117 Å². The summed E-state index contributed by atoms with van der Waals surface area (Å²) < 4.78 is 16.3. The van der Waals surface area contributed by atoms with Crippen LogP contribution in [0.25, 0.3) is 0 Å².